The van der Waals surface area contributed by atoms with E-state index >= 15 is 0 Å². The fourth-order valence-electron chi connectivity index (χ4n) is 1.79. The van der Waals surface area contributed by atoms with Crippen LogP contribution in [-0.2, 0) is 0 Å². The Bertz CT molecular complexity index is 565. The third kappa shape index (κ3) is 2.26. The summed E-state index contributed by atoms with van der Waals surface area (Å²) < 4.78 is 7.84. The zero-order valence-electron chi connectivity index (χ0n) is 10.5. The number of ether oxygens (including phenoxy) is 1. The Kier molecular flexibility index (Phi) is 3.68. The highest BCUT2D eigenvalue weighted by atomic mass is 79.9. The molecule has 2 rings (SSSR count). The monoisotopic (exact) mass is 310 g/mol. The van der Waals surface area contributed by atoms with E-state index in [-0.39, 0.29) is 6.04 Å². The first-order valence-corrected chi connectivity index (χ1v) is 6.35. The molecule has 0 radical (unpaired) electrons. The molecule has 1 atom stereocenters. The Morgan fingerprint density at radius 1 is 1.44 bits per heavy atom. The van der Waals surface area contributed by atoms with Gasteiger partial charge in [0.2, 0.25) is 0 Å². The number of rotatable bonds is 3. The quantitative estimate of drug-likeness (QED) is 0.945. The van der Waals surface area contributed by atoms with Gasteiger partial charge in [-0.25, -0.2) is 4.68 Å². The fourth-order valence-corrected chi connectivity index (χ4v) is 2.32. The van der Waals surface area contributed by atoms with E-state index in [1.54, 1.807) is 11.8 Å². The fraction of sp³-hybridized carbons (Fsp3) is 0.333. The maximum absolute atomic E-state index is 5.84. The second-order valence-electron chi connectivity index (χ2n) is 4.08. The summed E-state index contributed by atoms with van der Waals surface area (Å²) >= 11 is 3.45. The molecule has 6 heteroatoms. The molecule has 0 fully saturated rings. The molecule has 0 aliphatic heterocycles. The molecule has 96 valence electrons. The molecule has 1 aromatic heterocycles. The van der Waals surface area contributed by atoms with Gasteiger partial charge in [-0.2, -0.15) is 0 Å². The maximum Gasteiger partial charge on any atom is 0.133 e. The standard InChI is InChI=1S/C12H15BrN4O/c1-7(14)12-8(2)17(16-15-12)9-4-5-11(18-3)10(13)6-9/h4-7H,14H2,1-3H3. The first kappa shape index (κ1) is 13.0. The summed E-state index contributed by atoms with van der Waals surface area (Å²) in [4.78, 5) is 0. The minimum Gasteiger partial charge on any atom is -0.496 e. The highest BCUT2D eigenvalue weighted by molar-refractivity contribution is 9.10. The highest BCUT2D eigenvalue weighted by Crippen LogP contribution is 2.27. The van der Waals surface area contributed by atoms with Crippen molar-refractivity contribution >= 4 is 15.9 Å². The van der Waals surface area contributed by atoms with Gasteiger partial charge in [0.1, 0.15) is 11.4 Å². The Morgan fingerprint density at radius 3 is 2.67 bits per heavy atom. The van der Waals surface area contributed by atoms with Crippen LogP contribution in [0.3, 0.4) is 0 Å². The van der Waals surface area contributed by atoms with E-state index in [1.807, 2.05) is 32.0 Å². The van der Waals surface area contributed by atoms with Crippen molar-refractivity contribution in [2.24, 2.45) is 5.73 Å². The summed E-state index contributed by atoms with van der Waals surface area (Å²) in [5.41, 5.74) is 8.51. The van der Waals surface area contributed by atoms with Gasteiger partial charge in [-0.05, 0) is 48.0 Å². The van der Waals surface area contributed by atoms with E-state index in [4.69, 9.17) is 10.5 Å². The summed E-state index contributed by atoms with van der Waals surface area (Å²) in [5, 5.41) is 8.23. The topological polar surface area (TPSA) is 66.0 Å². The molecule has 2 aromatic rings. The first-order valence-electron chi connectivity index (χ1n) is 5.56. The molecule has 1 heterocycles. The molecule has 18 heavy (non-hydrogen) atoms. The Balaban J connectivity index is 2.46. The number of hydrogen-bond acceptors (Lipinski definition) is 4. The lowest BCUT2D eigenvalue weighted by molar-refractivity contribution is 0.412. The van der Waals surface area contributed by atoms with Gasteiger partial charge in [-0.3, -0.25) is 0 Å². The summed E-state index contributed by atoms with van der Waals surface area (Å²) in [6.07, 6.45) is 0. The second-order valence-corrected chi connectivity index (χ2v) is 4.93. The van der Waals surface area contributed by atoms with Gasteiger partial charge in [0.25, 0.3) is 0 Å². The van der Waals surface area contributed by atoms with Crippen LogP contribution in [0.4, 0.5) is 0 Å². The Hall–Kier alpha value is -1.40. The number of nitrogens with zero attached hydrogens (tertiary/aromatic N) is 3. The van der Waals surface area contributed by atoms with Crippen LogP contribution < -0.4 is 10.5 Å². The Labute approximate surface area is 114 Å². The molecule has 0 spiro atoms. The average molecular weight is 311 g/mol. The van der Waals surface area contributed by atoms with Crippen molar-refractivity contribution in [1.82, 2.24) is 15.0 Å². The van der Waals surface area contributed by atoms with Gasteiger partial charge in [0.05, 0.1) is 23.0 Å². The lowest BCUT2D eigenvalue weighted by Gasteiger charge is -2.08. The van der Waals surface area contributed by atoms with Crippen molar-refractivity contribution in [2.75, 3.05) is 7.11 Å². The zero-order valence-corrected chi connectivity index (χ0v) is 12.1. The highest BCUT2D eigenvalue weighted by Gasteiger charge is 2.14. The van der Waals surface area contributed by atoms with Crippen LogP contribution in [0.15, 0.2) is 22.7 Å². The van der Waals surface area contributed by atoms with Crippen LogP contribution in [0.25, 0.3) is 5.69 Å². The van der Waals surface area contributed by atoms with Crippen LogP contribution in [-0.4, -0.2) is 22.1 Å². The van der Waals surface area contributed by atoms with E-state index in [0.717, 1.165) is 27.3 Å². The van der Waals surface area contributed by atoms with Gasteiger partial charge in [0.15, 0.2) is 0 Å². The number of benzene rings is 1. The molecule has 1 aromatic carbocycles. The van der Waals surface area contributed by atoms with Gasteiger partial charge < -0.3 is 10.5 Å². The summed E-state index contributed by atoms with van der Waals surface area (Å²) in [6.45, 7) is 3.85. The predicted molar refractivity (Wildman–Crippen MR) is 73.0 cm³/mol. The van der Waals surface area contributed by atoms with Gasteiger partial charge in [-0.15, -0.1) is 5.10 Å². The van der Waals surface area contributed by atoms with Crippen molar-refractivity contribution in [3.63, 3.8) is 0 Å². The van der Waals surface area contributed by atoms with Gasteiger partial charge >= 0.3 is 0 Å². The SMILES string of the molecule is COc1ccc(-n2nnc(C(C)N)c2C)cc1Br. The van der Waals surface area contributed by atoms with Crippen molar-refractivity contribution in [3.8, 4) is 11.4 Å². The maximum atomic E-state index is 5.84. The summed E-state index contributed by atoms with van der Waals surface area (Å²) in [5.74, 6) is 0.781. The summed E-state index contributed by atoms with van der Waals surface area (Å²) in [7, 11) is 1.63. The van der Waals surface area contributed by atoms with Crippen molar-refractivity contribution < 1.29 is 4.74 Å². The lowest BCUT2D eigenvalue weighted by atomic mass is 10.2. The van der Waals surface area contributed by atoms with Gasteiger partial charge in [-0.1, -0.05) is 5.21 Å². The molecule has 0 saturated carbocycles. The van der Waals surface area contributed by atoms with E-state index in [2.05, 4.69) is 26.2 Å². The smallest absolute Gasteiger partial charge is 0.133 e. The molecule has 5 nitrogen and oxygen atoms in total. The third-order valence-electron chi connectivity index (χ3n) is 2.74. The number of halogens is 1. The van der Waals surface area contributed by atoms with E-state index in [1.165, 1.54) is 0 Å². The van der Waals surface area contributed by atoms with Crippen molar-refractivity contribution in [2.45, 2.75) is 19.9 Å². The molecule has 0 amide bonds. The number of hydrogen-bond donors (Lipinski definition) is 1. The van der Waals surface area contributed by atoms with Crippen molar-refractivity contribution in [3.05, 3.63) is 34.1 Å². The van der Waals surface area contributed by atoms with Crippen LogP contribution in [0.2, 0.25) is 0 Å². The van der Waals surface area contributed by atoms with Crippen molar-refractivity contribution in [1.29, 1.82) is 0 Å². The lowest BCUT2D eigenvalue weighted by Crippen LogP contribution is -2.08. The van der Waals surface area contributed by atoms with Crippen LogP contribution in [0.5, 0.6) is 5.75 Å². The molecular formula is C12H15BrN4O. The molecule has 2 N–H and O–H groups in total. The molecule has 1 unspecified atom stereocenters. The van der Waals surface area contributed by atoms with E-state index < -0.39 is 0 Å². The van der Waals surface area contributed by atoms with Gasteiger partial charge in [0, 0.05) is 6.04 Å². The molecule has 0 aliphatic carbocycles. The first-order chi connectivity index (χ1) is 8.54. The number of methoxy groups -OCH3 is 1. The molecular weight excluding hydrogens is 296 g/mol. The molecule has 0 saturated heterocycles. The van der Waals surface area contributed by atoms with E-state index in [0.29, 0.717) is 0 Å². The van der Waals surface area contributed by atoms with Crippen LogP contribution in [0.1, 0.15) is 24.4 Å². The minimum absolute atomic E-state index is 0.125. The number of aromatic nitrogens is 3. The summed E-state index contributed by atoms with van der Waals surface area (Å²) in [6, 6.07) is 5.62. The Morgan fingerprint density at radius 2 is 2.17 bits per heavy atom. The van der Waals surface area contributed by atoms with Crippen LogP contribution in [0, 0.1) is 6.92 Å². The average Bonchev–Trinajstić information content (AvgIpc) is 2.71. The largest absolute Gasteiger partial charge is 0.496 e. The number of nitrogens with two attached hydrogens (primary N) is 1. The normalized spacial score (nSPS) is 12.5. The van der Waals surface area contributed by atoms with Crippen LogP contribution >= 0.6 is 15.9 Å². The second kappa shape index (κ2) is 5.07. The van der Waals surface area contributed by atoms with E-state index in [9.17, 15) is 0 Å². The predicted octanol–water partition coefficient (Wildman–Crippen LogP) is 2.37. The third-order valence-corrected chi connectivity index (χ3v) is 3.36. The zero-order chi connectivity index (χ0) is 13.3. The molecule has 0 bridgehead atoms. The minimum atomic E-state index is -0.125. The molecule has 0 aliphatic rings.